The second-order valence-corrected chi connectivity index (χ2v) is 6.18. The molecule has 1 fully saturated rings. The summed E-state index contributed by atoms with van der Waals surface area (Å²) in [6.07, 6.45) is 6.12. The predicted octanol–water partition coefficient (Wildman–Crippen LogP) is 2.76. The number of carboxylic acids is 1. The van der Waals surface area contributed by atoms with Crippen molar-refractivity contribution in [3.8, 4) is 0 Å². The number of hydrogen-bond donors (Lipinski definition) is 3. The number of carbonyl (C=O) groups excluding carboxylic acids is 1. The monoisotopic (exact) mass is 284 g/mol. The molecule has 1 saturated carbocycles. The zero-order chi connectivity index (χ0) is 15.2. The fourth-order valence-corrected chi connectivity index (χ4v) is 2.66. The van der Waals surface area contributed by atoms with Gasteiger partial charge >= 0.3 is 12.0 Å². The Morgan fingerprint density at radius 2 is 2.00 bits per heavy atom. The van der Waals surface area contributed by atoms with E-state index in [1.165, 1.54) is 6.42 Å². The number of carbonyl (C=O) groups is 2. The zero-order valence-corrected chi connectivity index (χ0v) is 12.9. The van der Waals surface area contributed by atoms with Crippen molar-refractivity contribution in [2.24, 2.45) is 11.3 Å². The van der Waals surface area contributed by atoms with Gasteiger partial charge < -0.3 is 15.7 Å². The molecule has 0 aromatic heterocycles. The van der Waals surface area contributed by atoms with Gasteiger partial charge in [0.1, 0.15) is 0 Å². The molecule has 116 valence electrons. The molecule has 3 unspecified atom stereocenters. The Morgan fingerprint density at radius 1 is 1.30 bits per heavy atom. The summed E-state index contributed by atoms with van der Waals surface area (Å²) in [5.74, 6) is -0.169. The van der Waals surface area contributed by atoms with Crippen LogP contribution in [0.15, 0.2) is 0 Å². The molecule has 0 radical (unpaired) electrons. The number of carboxylic acid groups (broad SMARTS) is 1. The average Bonchev–Trinajstić information content (AvgIpc) is 2.44. The molecular formula is C15H28N2O3. The van der Waals surface area contributed by atoms with Crippen LogP contribution in [-0.4, -0.2) is 29.7 Å². The Labute approximate surface area is 121 Å². The molecule has 0 aromatic carbocycles. The van der Waals surface area contributed by atoms with Gasteiger partial charge in [-0.3, -0.25) is 4.79 Å². The van der Waals surface area contributed by atoms with E-state index in [1.54, 1.807) is 6.92 Å². The molecule has 0 bridgehead atoms. The van der Waals surface area contributed by atoms with Crippen LogP contribution in [0.2, 0.25) is 0 Å². The molecule has 5 heteroatoms. The number of hydrogen-bond acceptors (Lipinski definition) is 2. The molecule has 0 spiro atoms. The number of aliphatic carboxylic acids is 1. The Balaban J connectivity index is 2.38. The van der Waals surface area contributed by atoms with Gasteiger partial charge in [0.15, 0.2) is 0 Å². The van der Waals surface area contributed by atoms with Gasteiger partial charge in [0, 0.05) is 12.6 Å². The lowest BCUT2D eigenvalue weighted by molar-refractivity contribution is -0.147. The summed E-state index contributed by atoms with van der Waals surface area (Å²) in [5.41, 5.74) is -0.893. The summed E-state index contributed by atoms with van der Waals surface area (Å²) in [6, 6.07) is -0.0147. The summed E-state index contributed by atoms with van der Waals surface area (Å²) >= 11 is 0. The lowest BCUT2D eigenvalue weighted by atomic mass is 9.84. The number of nitrogens with one attached hydrogen (secondary N) is 2. The van der Waals surface area contributed by atoms with E-state index in [4.69, 9.17) is 5.11 Å². The van der Waals surface area contributed by atoms with Crippen molar-refractivity contribution >= 4 is 12.0 Å². The highest BCUT2D eigenvalue weighted by Gasteiger charge is 2.31. The predicted molar refractivity (Wildman–Crippen MR) is 78.6 cm³/mol. The van der Waals surface area contributed by atoms with Crippen LogP contribution in [0.25, 0.3) is 0 Å². The van der Waals surface area contributed by atoms with Crippen LogP contribution < -0.4 is 10.6 Å². The van der Waals surface area contributed by atoms with E-state index in [-0.39, 0.29) is 18.6 Å². The van der Waals surface area contributed by atoms with Gasteiger partial charge in [0.2, 0.25) is 0 Å². The van der Waals surface area contributed by atoms with E-state index >= 15 is 0 Å². The fraction of sp³-hybridized carbons (Fsp3) is 0.867. The third-order valence-electron chi connectivity index (χ3n) is 4.63. The normalized spacial score (nSPS) is 25.6. The standard InChI is InChI=1S/C15H28N2O3/c1-4-11-7-6-8-12(9-11)17-14(20)16-10-15(3,5-2)13(18)19/h11-12H,4-10H2,1-3H3,(H,18,19)(H2,16,17,20). The molecule has 2 amide bonds. The van der Waals surface area contributed by atoms with Crippen molar-refractivity contribution in [1.29, 1.82) is 0 Å². The molecule has 0 aromatic rings. The average molecular weight is 284 g/mol. The van der Waals surface area contributed by atoms with Gasteiger partial charge in [-0.2, -0.15) is 0 Å². The van der Waals surface area contributed by atoms with Crippen molar-refractivity contribution in [3.63, 3.8) is 0 Å². The molecule has 0 aliphatic heterocycles. The lowest BCUT2D eigenvalue weighted by Gasteiger charge is -2.30. The molecule has 1 aliphatic rings. The highest BCUT2D eigenvalue weighted by atomic mass is 16.4. The Hall–Kier alpha value is -1.26. The highest BCUT2D eigenvalue weighted by molar-refractivity contribution is 5.77. The summed E-state index contributed by atoms with van der Waals surface area (Å²) in [6.45, 7) is 5.82. The minimum absolute atomic E-state index is 0.161. The quantitative estimate of drug-likeness (QED) is 0.701. The van der Waals surface area contributed by atoms with Crippen LogP contribution in [0.1, 0.15) is 59.3 Å². The molecule has 20 heavy (non-hydrogen) atoms. The number of amides is 2. The van der Waals surface area contributed by atoms with Crippen LogP contribution in [0, 0.1) is 11.3 Å². The topological polar surface area (TPSA) is 78.4 Å². The van der Waals surface area contributed by atoms with Gasteiger partial charge in [-0.15, -0.1) is 0 Å². The summed E-state index contributed by atoms with van der Waals surface area (Å²) < 4.78 is 0. The van der Waals surface area contributed by atoms with Crippen molar-refractivity contribution in [1.82, 2.24) is 10.6 Å². The fourth-order valence-electron chi connectivity index (χ4n) is 2.66. The van der Waals surface area contributed by atoms with Crippen molar-refractivity contribution in [2.45, 2.75) is 65.3 Å². The van der Waals surface area contributed by atoms with Gasteiger partial charge in [0.05, 0.1) is 5.41 Å². The van der Waals surface area contributed by atoms with E-state index in [0.717, 1.165) is 25.7 Å². The van der Waals surface area contributed by atoms with Gasteiger partial charge in [-0.25, -0.2) is 4.79 Å². The van der Waals surface area contributed by atoms with Gasteiger partial charge in [0.25, 0.3) is 0 Å². The maximum Gasteiger partial charge on any atom is 0.315 e. The zero-order valence-electron chi connectivity index (χ0n) is 12.9. The minimum atomic E-state index is -0.893. The number of rotatable bonds is 6. The van der Waals surface area contributed by atoms with E-state index in [1.807, 2.05) is 6.92 Å². The third-order valence-corrected chi connectivity index (χ3v) is 4.63. The van der Waals surface area contributed by atoms with E-state index < -0.39 is 11.4 Å². The van der Waals surface area contributed by atoms with Crippen LogP contribution in [0.3, 0.4) is 0 Å². The Morgan fingerprint density at radius 3 is 2.55 bits per heavy atom. The first-order chi connectivity index (χ1) is 9.41. The van der Waals surface area contributed by atoms with Crippen LogP contribution in [0.4, 0.5) is 4.79 Å². The van der Waals surface area contributed by atoms with Crippen LogP contribution in [0.5, 0.6) is 0 Å². The smallest absolute Gasteiger partial charge is 0.315 e. The maximum absolute atomic E-state index is 11.9. The molecule has 3 N–H and O–H groups in total. The minimum Gasteiger partial charge on any atom is -0.481 e. The maximum atomic E-state index is 11.9. The highest BCUT2D eigenvalue weighted by Crippen LogP contribution is 2.26. The third kappa shape index (κ3) is 4.69. The Kier molecular flexibility index (Phi) is 6.30. The molecule has 1 rings (SSSR count). The Bertz CT molecular complexity index is 346. The van der Waals surface area contributed by atoms with Crippen molar-refractivity contribution in [3.05, 3.63) is 0 Å². The molecule has 0 saturated heterocycles. The summed E-state index contributed by atoms with van der Waals surface area (Å²) in [7, 11) is 0. The first kappa shape index (κ1) is 16.8. The first-order valence-corrected chi connectivity index (χ1v) is 7.69. The first-order valence-electron chi connectivity index (χ1n) is 7.69. The van der Waals surface area contributed by atoms with Crippen molar-refractivity contribution < 1.29 is 14.7 Å². The molecule has 1 aliphatic carbocycles. The SMILES string of the molecule is CCC1CCCC(NC(=O)NCC(C)(CC)C(=O)O)C1. The molecule has 5 nitrogen and oxygen atoms in total. The largest absolute Gasteiger partial charge is 0.481 e. The van der Waals surface area contributed by atoms with E-state index in [0.29, 0.717) is 12.3 Å². The van der Waals surface area contributed by atoms with E-state index in [2.05, 4.69) is 17.6 Å². The van der Waals surface area contributed by atoms with Crippen molar-refractivity contribution in [2.75, 3.05) is 6.54 Å². The molecule has 0 heterocycles. The van der Waals surface area contributed by atoms with Crippen LogP contribution >= 0.6 is 0 Å². The number of urea groups is 1. The second kappa shape index (κ2) is 7.50. The second-order valence-electron chi connectivity index (χ2n) is 6.18. The van der Waals surface area contributed by atoms with E-state index in [9.17, 15) is 9.59 Å². The lowest BCUT2D eigenvalue weighted by Crippen LogP contribution is -2.48. The van der Waals surface area contributed by atoms with Gasteiger partial charge in [-0.05, 0) is 32.1 Å². The van der Waals surface area contributed by atoms with Gasteiger partial charge in [-0.1, -0.05) is 33.1 Å². The van der Waals surface area contributed by atoms with Crippen LogP contribution in [-0.2, 0) is 4.79 Å². The molecular weight excluding hydrogens is 256 g/mol. The summed E-state index contributed by atoms with van der Waals surface area (Å²) in [5, 5.41) is 14.8. The molecule has 3 atom stereocenters. The summed E-state index contributed by atoms with van der Waals surface area (Å²) in [4.78, 5) is 23.0.